The maximum atomic E-state index is 12.2. The summed E-state index contributed by atoms with van der Waals surface area (Å²) in [6.07, 6.45) is 3.37. The maximum Gasteiger partial charge on any atom is 0.225 e. The molecule has 3 atom stereocenters. The minimum absolute atomic E-state index is 0.156. The molecule has 104 valence electrons. The van der Waals surface area contributed by atoms with Gasteiger partial charge in [-0.2, -0.15) is 0 Å². The number of hydrogen-bond acceptors (Lipinski definition) is 4. The van der Waals surface area contributed by atoms with Crippen LogP contribution in [0.5, 0.6) is 0 Å². The molecule has 2 aliphatic heterocycles. The third kappa shape index (κ3) is 2.11. The first-order valence-electron chi connectivity index (χ1n) is 7.18. The average Bonchev–Trinajstić information content (AvgIpc) is 3.18. The molecule has 3 heterocycles. The molecule has 3 unspecified atom stereocenters. The summed E-state index contributed by atoms with van der Waals surface area (Å²) in [7, 11) is 0. The molecule has 2 aromatic rings. The molecule has 4 nitrogen and oxygen atoms in total. The van der Waals surface area contributed by atoms with Crippen molar-refractivity contribution in [3.63, 3.8) is 0 Å². The lowest BCUT2D eigenvalue weighted by molar-refractivity contribution is -0.125. The first kappa shape index (κ1) is 12.3. The fourth-order valence-corrected chi connectivity index (χ4v) is 4.31. The molecule has 20 heavy (non-hydrogen) atoms. The summed E-state index contributed by atoms with van der Waals surface area (Å²) in [6.45, 7) is 0.548. The summed E-state index contributed by atoms with van der Waals surface area (Å²) in [6, 6.07) is 9.05. The van der Waals surface area contributed by atoms with E-state index >= 15 is 0 Å². The standard InChI is InChI=1S/C15H17N3OS/c19-15(10-7-9-5-6-11(10)17-9)16-8-14-18-12-3-1-2-4-13(12)20-14/h1-4,9-11,17H,5-8H2,(H,16,19). The highest BCUT2D eigenvalue weighted by Crippen LogP contribution is 2.33. The van der Waals surface area contributed by atoms with Gasteiger partial charge in [-0.25, -0.2) is 4.98 Å². The van der Waals surface area contributed by atoms with Crippen LogP contribution >= 0.6 is 11.3 Å². The molecule has 5 heteroatoms. The van der Waals surface area contributed by atoms with Gasteiger partial charge in [-0.3, -0.25) is 4.79 Å². The molecule has 0 radical (unpaired) electrons. The Morgan fingerprint density at radius 3 is 3.05 bits per heavy atom. The largest absolute Gasteiger partial charge is 0.349 e. The highest BCUT2D eigenvalue weighted by molar-refractivity contribution is 7.18. The Balaban J connectivity index is 1.41. The second-order valence-electron chi connectivity index (χ2n) is 5.68. The zero-order valence-electron chi connectivity index (χ0n) is 11.1. The fourth-order valence-electron chi connectivity index (χ4n) is 3.40. The van der Waals surface area contributed by atoms with Gasteiger partial charge in [0.05, 0.1) is 22.7 Å². The summed E-state index contributed by atoms with van der Waals surface area (Å²) in [5, 5.41) is 7.54. The maximum absolute atomic E-state index is 12.2. The number of carbonyl (C=O) groups is 1. The number of aromatic nitrogens is 1. The SMILES string of the molecule is O=C(NCc1nc2ccccc2s1)C1CC2CCC1N2. The number of fused-ring (bicyclic) bond motifs is 3. The highest BCUT2D eigenvalue weighted by Gasteiger charge is 2.42. The Labute approximate surface area is 121 Å². The van der Waals surface area contributed by atoms with E-state index in [2.05, 4.69) is 21.7 Å². The van der Waals surface area contributed by atoms with E-state index in [-0.39, 0.29) is 11.8 Å². The molecular weight excluding hydrogens is 270 g/mol. The Morgan fingerprint density at radius 2 is 2.30 bits per heavy atom. The number of amides is 1. The second-order valence-corrected chi connectivity index (χ2v) is 6.80. The number of thiazole rings is 1. The normalized spacial score (nSPS) is 28.1. The molecule has 2 saturated heterocycles. The average molecular weight is 287 g/mol. The van der Waals surface area contributed by atoms with E-state index in [1.54, 1.807) is 11.3 Å². The Morgan fingerprint density at radius 1 is 1.40 bits per heavy atom. The molecule has 0 aliphatic carbocycles. The Bertz CT molecular complexity index is 620. The van der Waals surface area contributed by atoms with E-state index in [4.69, 9.17) is 0 Å². The predicted octanol–water partition coefficient (Wildman–Crippen LogP) is 2.05. The van der Waals surface area contributed by atoms with E-state index in [9.17, 15) is 4.79 Å². The number of nitrogens with one attached hydrogen (secondary N) is 2. The minimum Gasteiger partial charge on any atom is -0.349 e. The van der Waals surface area contributed by atoms with Crippen molar-refractivity contribution in [2.75, 3.05) is 0 Å². The molecule has 2 aliphatic rings. The molecule has 2 N–H and O–H groups in total. The monoisotopic (exact) mass is 287 g/mol. The van der Waals surface area contributed by atoms with Crippen LogP contribution < -0.4 is 10.6 Å². The van der Waals surface area contributed by atoms with Crippen LogP contribution in [0.15, 0.2) is 24.3 Å². The van der Waals surface area contributed by atoms with E-state index in [0.717, 1.165) is 23.4 Å². The van der Waals surface area contributed by atoms with Crippen LogP contribution in [0.1, 0.15) is 24.3 Å². The van der Waals surface area contributed by atoms with E-state index in [1.165, 1.54) is 11.1 Å². The minimum atomic E-state index is 0.156. The highest BCUT2D eigenvalue weighted by atomic mass is 32.1. The van der Waals surface area contributed by atoms with E-state index in [1.807, 2.05) is 18.2 Å². The van der Waals surface area contributed by atoms with Gasteiger partial charge < -0.3 is 10.6 Å². The number of para-hydroxylation sites is 1. The molecular formula is C15H17N3OS. The van der Waals surface area contributed by atoms with Crippen molar-refractivity contribution >= 4 is 27.5 Å². The molecule has 1 aromatic carbocycles. The lowest BCUT2D eigenvalue weighted by atomic mass is 9.88. The van der Waals surface area contributed by atoms with Crippen LogP contribution in [0.25, 0.3) is 10.2 Å². The van der Waals surface area contributed by atoms with Crippen molar-refractivity contribution < 1.29 is 4.79 Å². The van der Waals surface area contributed by atoms with Gasteiger partial charge in [0.15, 0.2) is 0 Å². The van der Waals surface area contributed by atoms with Gasteiger partial charge in [-0.15, -0.1) is 11.3 Å². The lowest BCUT2D eigenvalue weighted by Gasteiger charge is -2.18. The molecule has 1 amide bonds. The fraction of sp³-hybridized carbons (Fsp3) is 0.467. The van der Waals surface area contributed by atoms with Crippen molar-refractivity contribution in [2.24, 2.45) is 5.92 Å². The molecule has 0 spiro atoms. The van der Waals surface area contributed by atoms with Crippen molar-refractivity contribution in [2.45, 2.75) is 37.9 Å². The Kier molecular flexibility index (Phi) is 2.97. The molecule has 1 aromatic heterocycles. The zero-order chi connectivity index (χ0) is 13.5. The quantitative estimate of drug-likeness (QED) is 0.908. The van der Waals surface area contributed by atoms with Crippen LogP contribution in [-0.4, -0.2) is 23.0 Å². The van der Waals surface area contributed by atoms with Gasteiger partial charge in [-0.05, 0) is 31.4 Å². The molecule has 4 rings (SSSR count). The van der Waals surface area contributed by atoms with Crippen LogP contribution in [0.4, 0.5) is 0 Å². The van der Waals surface area contributed by atoms with Gasteiger partial charge in [0.2, 0.25) is 5.91 Å². The smallest absolute Gasteiger partial charge is 0.225 e. The number of nitrogens with zero attached hydrogens (tertiary/aromatic N) is 1. The van der Waals surface area contributed by atoms with Gasteiger partial charge in [0.1, 0.15) is 5.01 Å². The van der Waals surface area contributed by atoms with Gasteiger partial charge in [0.25, 0.3) is 0 Å². The zero-order valence-corrected chi connectivity index (χ0v) is 12.0. The third-order valence-electron chi connectivity index (χ3n) is 4.39. The molecule has 2 bridgehead atoms. The first-order chi connectivity index (χ1) is 9.79. The van der Waals surface area contributed by atoms with Gasteiger partial charge in [-0.1, -0.05) is 12.1 Å². The summed E-state index contributed by atoms with van der Waals surface area (Å²) >= 11 is 1.66. The van der Waals surface area contributed by atoms with E-state index < -0.39 is 0 Å². The topological polar surface area (TPSA) is 54.0 Å². The van der Waals surface area contributed by atoms with E-state index in [0.29, 0.717) is 18.6 Å². The summed E-state index contributed by atoms with van der Waals surface area (Å²) in [5.41, 5.74) is 1.02. The van der Waals surface area contributed by atoms with Crippen LogP contribution in [0.3, 0.4) is 0 Å². The van der Waals surface area contributed by atoms with Gasteiger partial charge >= 0.3 is 0 Å². The predicted molar refractivity (Wildman–Crippen MR) is 79.5 cm³/mol. The first-order valence-corrected chi connectivity index (χ1v) is 7.99. The lowest BCUT2D eigenvalue weighted by Crippen LogP contribution is -2.37. The van der Waals surface area contributed by atoms with Crippen molar-refractivity contribution in [3.05, 3.63) is 29.3 Å². The third-order valence-corrected chi connectivity index (χ3v) is 5.43. The number of carbonyl (C=O) groups excluding carboxylic acids is 1. The number of rotatable bonds is 3. The molecule has 0 saturated carbocycles. The summed E-state index contributed by atoms with van der Waals surface area (Å²) in [4.78, 5) is 16.8. The van der Waals surface area contributed by atoms with Crippen LogP contribution in [0.2, 0.25) is 0 Å². The number of hydrogen-bond donors (Lipinski definition) is 2. The molecule has 2 fully saturated rings. The van der Waals surface area contributed by atoms with Gasteiger partial charge in [0, 0.05) is 12.1 Å². The van der Waals surface area contributed by atoms with Crippen LogP contribution in [0, 0.1) is 5.92 Å². The van der Waals surface area contributed by atoms with Crippen molar-refractivity contribution in [3.8, 4) is 0 Å². The summed E-state index contributed by atoms with van der Waals surface area (Å²) in [5.74, 6) is 0.340. The second kappa shape index (κ2) is 4.82. The van der Waals surface area contributed by atoms with Crippen molar-refractivity contribution in [1.29, 1.82) is 0 Å². The number of benzene rings is 1. The Hall–Kier alpha value is -1.46. The summed E-state index contributed by atoms with van der Waals surface area (Å²) < 4.78 is 1.18. The van der Waals surface area contributed by atoms with Crippen molar-refractivity contribution in [1.82, 2.24) is 15.6 Å². The van der Waals surface area contributed by atoms with Crippen LogP contribution in [-0.2, 0) is 11.3 Å².